The molecule has 0 bridgehead atoms. The zero-order valence-corrected chi connectivity index (χ0v) is 12.8. The van der Waals surface area contributed by atoms with E-state index in [0.29, 0.717) is 4.15 Å². The van der Waals surface area contributed by atoms with Gasteiger partial charge in [-0.25, -0.2) is 0 Å². The third-order valence-electron chi connectivity index (χ3n) is 3.64. The summed E-state index contributed by atoms with van der Waals surface area (Å²) in [4.78, 5) is 0. The molecule has 0 radical (unpaired) electrons. The molecule has 1 aliphatic rings. The fourth-order valence-corrected chi connectivity index (χ4v) is 3.06. The molecule has 18 heavy (non-hydrogen) atoms. The van der Waals surface area contributed by atoms with Gasteiger partial charge in [0.1, 0.15) is 0 Å². The molecule has 1 aromatic rings. The van der Waals surface area contributed by atoms with E-state index in [2.05, 4.69) is 51.1 Å². The zero-order chi connectivity index (χ0) is 13.6. The maximum atomic E-state index is 11.6. The summed E-state index contributed by atoms with van der Waals surface area (Å²) in [6, 6.07) is 8.65. The van der Waals surface area contributed by atoms with Crippen molar-refractivity contribution in [3.63, 3.8) is 0 Å². The number of rotatable bonds is 1. The average molecular weight is 259 g/mol. The van der Waals surface area contributed by atoms with Crippen molar-refractivity contribution in [2.24, 2.45) is 5.41 Å². The van der Waals surface area contributed by atoms with Crippen LogP contribution >= 0.6 is 0 Å². The summed E-state index contributed by atoms with van der Waals surface area (Å²) in [6.45, 7) is 6.68. The molecule has 0 aromatic heterocycles. The standard InChI is InChI=1S/C15H21NOSi/c1-15(2,3)13-10-11-8-6-7-9-12(11)14(13)16(4,5)18-17/h6-10,14H,1-5H3/q+2. The quantitative estimate of drug-likeness (QED) is 0.545. The van der Waals surface area contributed by atoms with Gasteiger partial charge in [-0.3, -0.25) is 0 Å². The Bertz CT molecular complexity index is 546. The van der Waals surface area contributed by atoms with Gasteiger partial charge in [-0.2, -0.15) is 0 Å². The van der Waals surface area contributed by atoms with Crippen molar-refractivity contribution in [3.8, 4) is 0 Å². The average Bonchev–Trinajstić information content (AvgIpc) is 2.68. The van der Waals surface area contributed by atoms with Crippen LogP contribution in [0.3, 0.4) is 0 Å². The molecule has 2 nitrogen and oxygen atoms in total. The minimum absolute atomic E-state index is 0.0961. The third-order valence-corrected chi connectivity index (χ3v) is 4.37. The molecule has 0 heterocycles. The Kier molecular flexibility index (Phi) is 3.26. The molecule has 1 unspecified atom stereocenters. The second kappa shape index (κ2) is 4.33. The Morgan fingerprint density at radius 2 is 1.78 bits per heavy atom. The Balaban J connectivity index is 2.61. The molecule has 0 aliphatic heterocycles. The van der Waals surface area contributed by atoms with Crippen LogP contribution in [0.25, 0.3) is 6.08 Å². The molecule has 0 N–H and O–H groups in total. The molecule has 0 fully saturated rings. The van der Waals surface area contributed by atoms with Gasteiger partial charge in [0.05, 0.1) is 0 Å². The first-order valence-electron chi connectivity index (χ1n) is 6.31. The molecule has 1 aliphatic carbocycles. The summed E-state index contributed by atoms with van der Waals surface area (Å²) < 4.78 is 12.1. The van der Waals surface area contributed by atoms with Crippen molar-refractivity contribution in [2.75, 3.05) is 14.1 Å². The van der Waals surface area contributed by atoms with Gasteiger partial charge in [-0.15, -0.1) is 0 Å². The first kappa shape index (κ1) is 13.5. The van der Waals surface area contributed by atoms with Crippen molar-refractivity contribution < 1.29 is 8.45 Å². The Labute approximate surface area is 112 Å². The van der Waals surface area contributed by atoms with Crippen LogP contribution in [0.2, 0.25) is 0 Å². The molecular formula is C15H21NOSi+2. The Hall–Kier alpha value is -0.903. The SMILES string of the molecule is CC(C)(C)C1=Cc2ccccc2C1[N+](C)(C)[Si]#[O+]. The van der Waals surface area contributed by atoms with Crippen LogP contribution in [0.15, 0.2) is 29.8 Å². The predicted molar refractivity (Wildman–Crippen MR) is 75.2 cm³/mol. The van der Waals surface area contributed by atoms with Crippen LogP contribution in [-0.2, 0) is 4.30 Å². The summed E-state index contributed by atoms with van der Waals surface area (Å²) >= 11 is 0. The van der Waals surface area contributed by atoms with Gasteiger partial charge in [-0.05, 0) is 0 Å². The number of fused-ring (bicyclic) bond motifs is 1. The maximum absolute atomic E-state index is 11.6. The molecule has 0 saturated heterocycles. The van der Waals surface area contributed by atoms with E-state index in [1.165, 1.54) is 16.7 Å². The molecular weight excluding hydrogens is 238 g/mol. The van der Waals surface area contributed by atoms with Crippen molar-refractivity contribution >= 4 is 15.5 Å². The number of nitrogens with zero attached hydrogens (tertiary/aromatic N) is 1. The molecule has 0 spiro atoms. The van der Waals surface area contributed by atoms with Crippen LogP contribution in [0.1, 0.15) is 37.9 Å². The molecule has 3 heteroatoms. The predicted octanol–water partition coefficient (Wildman–Crippen LogP) is 3.21. The van der Waals surface area contributed by atoms with Gasteiger partial charge < -0.3 is 0 Å². The van der Waals surface area contributed by atoms with Crippen molar-refractivity contribution in [1.82, 2.24) is 0 Å². The van der Waals surface area contributed by atoms with Gasteiger partial charge in [0.2, 0.25) is 0 Å². The summed E-state index contributed by atoms with van der Waals surface area (Å²) in [7, 11) is 3.72. The van der Waals surface area contributed by atoms with Gasteiger partial charge in [0.25, 0.3) is 0 Å². The fourth-order valence-electron chi connectivity index (χ4n) is 2.68. The number of benzene rings is 1. The molecule has 0 amide bonds. The van der Waals surface area contributed by atoms with Crippen LogP contribution in [0.4, 0.5) is 0 Å². The zero-order valence-electron chi connectivity index (χ0n) is 11.8. The van der Waals surface area contributed by atoms with Gasteiger partial charge in [-0.1, -0.05) is 0 Å². The van der Waals surface area contributed by atoms with Gasteiger partial charge >= 0.3 is 111 Å². The fraction of sp³-hybridized carbons (Fsp3) is 0.467. The van der Waals surface area contributed by atoms with E-state index < -0.39 is 0 Å². The number of quaternary nitrogens is 1. The van der Waals surface area contributed by atoms with E-state index in [9.17, 15) is 4.30 Å². The second-order valence-electron chi connectivity index (χ2n) is 6.51. The van der Waals surface area contributed by atoms with E-state index in [1.807, 2.05) is 14.1 Å². The van der Waals surface area contributed by atoms with E-state index in [4.69, 9.17) is 0 Å². The summed E-state index contributed by atoms with van der Waals surface area (Å²) in [5, 5.41) is 0. The van der Waals surface area contributed by atoms with E-state index in [0.717, 1.165) is 0 Å². The minimum atomic E-state index is -0.358. The second-order valence-corrected chi connectivity index (χ2v) is 7.85. The first-order chi connectivity index (χ1) is 8.27. The summed E-state index contributed by atoms with van der Waals surface area (Å²) in [5.41, 5.74) is 4.04. The van der Waals surface area contributed by atoms with Crippen LogP contribution < -0.4 is 0 Å². The summed E-state index contributed by atoms with van der Waals surface area (Å²) in [5.74, 6) is 0. The van der Waals surface area contributed by atoms with Crippen molar-refractivity contribution in [1.29, 1.82) is 0 Å². The van der Waals surface area contributed by atoms with Gasteiger partial charge in [0, 0.05) is 0 Å². The molecule has 94 valence electrons. The number of hydrogen-bond donors (Lipinski definition) is 0. The molecule has 0 saturated carbocycles. The molecule has 2 rings (SSSR count). The van der Waals surface area contributed by atoms with Gasteiger partial charge in [0.15, 0.2) is 0 Å². The topological polar surface area (TPSA) is 19.9 Å². The van der Waals surface area contributed by atoms with Crippen molar-refractivity contribution in [3.05, 3.63) is 41.0 Å². The van der Waals surface area contributed by atoms with E-state index in [-0.39, 0.29) is 20.9 Å². The Morgan fingerprint density at radius 3 is 2.33 bits per heavy atom. The Morgan fingerprint density at radius 1 is 1.17 bits per heavy atom. The van der Waals surface area contributed by atoms with Crippen LogP contribution in [0.5, 0.6) is 0 Å². The summed E-state index contributed by atoms with van der Waals surface area (Å²) in [6.07, 6.45) is 2.28. The number of hydrogen-bond acceptors (Lipinski definition) is 0. The van der Waals surface area contributed by atoms with E-state index in [1.54, 1.807) is 0 Å². The monoisotopic (exact) mass is 259 g/mol. The number of likely N-dealkylation sites (N-methyl/N-ethyl adjacent to an activating group) is 1. The normalized spacial score (nSPS) is 19.1. The van der Waals surface area contributed by atoms with Crippen molar-refractivity contribution in [2.45, 2.75) is 26.8 Å². The first-order valence-corrected chi connectivity index (χ1v) is 7.17. The third kappa shape index (κ3) is 2.18. The molecule has 1 atom stereocenters. The van der Waals surface area contributed by atoms with Crippen LogP contribution in [-0.4, -0.2) is 27.7 Å². The van der Waals surface area contributed by atoms with E-state index >= 15 is 0 Å². The van der Waals surface area contributed by atoms with Crippen LogP contribution in [0, 0.1) is 5.41 Å². The molecule has 1 aromatic carbocycles.